The Labute approximate surface area is 123 Å². The number of halogens is 3. The third-order valence-corrected chi connectivity index (χ3v) is 3.61. The maximum atomic E-state index is 11.9. The SMILES string of the molecule is CCC(C)(C)c1ccc(C(=O)CCOCC(F)(F)F)cc1. The lowest BCUT2D eigenvalue weighted by Gasteiger charge is -2.23. The van der Waals surface area contributed by atoms with Crippen LogP contribution in [0.15, 0.2) is 24.3 Å². The molecule has 0 aliphatic rings. The maximum absolute atomic E-state index is 11.9. The van der Waals surface area contributed by atoms with Crippen LogP contribution in [0.4, 0.5) is 13.2 Å². The molecule has 2 nitrogen and oxygen atoms in total. The van der Waals surface area contributed by atoms with E-state index in [-0.39, 0.29) is 24.2 Å². The molecule has 0 amide bonds. The Morgan fingerprint density at radius 2 is 1.71 bits per heavy atom. The maximum Gasteiger partial charge on any atom is 0.411 e. The monoisotopic (exact) mass is 302 g/mol. The lowest BCUT2D eigenvalue weighted by atomic mass is 9.82. The molecule has 0 N–H and O–H groups in total. The summed E-state index contributed by atoms with van der Waals surface area (Å²) < 4.78 is 40.1. The molecule has 118 valence electrons. The van der Waals surface area contributed by atoms with Crippen LogP contribution in [0.2, 0.25) is 0 Å². The zero-order chi connectivity index (χ0) is 16.1. The molecular formula is C16H21F3O2. The number of alkyl halides is 3. The molecule has 21 heavy (non-hydrogen) atoms. The fraction of sp³-hybridized carbons (Fsp3) is 0.562. The molecule has 5 heteroatoms. The molecule has 1 aromatic carbocycles. The quantitative estimate of drug-likeness (QED) is 0.546. The molecule has 1 aromatic rings. The van der Waals surface area contributed by atoms with Gasteiger partial charge in [-0.15, -0.1) is 0 Å². The van der Waals surface area contributed by atoms with Crippen molar-refractivity contribution in [3.63, 3.8) is 0 Å². The van der Waals surface area contributed by atoms with Gasteiger partial charge in [0.15, 0.2) is 5.78 Å². The highest BCUT2D eigenvalue weighted by Crippen LogP contribution is 2.26. The van der Waals surface area contributed by atoms with Gasteiger partial charge in [0.05, 0.1) is 6.61 Å². The van der Waals surface area contributed by atoms with Crippen LogP contribution < -0.4 is 0 Å². The largest absolute Gasteiger partial charge is 0.411 e. The number of hydrogen-bond acceptors (Lipinski definition) is 2. The van der Waals surface area contributed by atoms with Crippen LogP contribution in [-0.2, 0) is 10.2 Å². The number of carbonyl (C=O) groups is 1. The van der Waals surface area contributed by atoms with Gasteiger partial charge in [0.1, 0.15) is 6.61 Å². The highest BCUT2D eigenvalue weighted by molar-refractivity contribution is 5.96. The minimum Gasteiger partial charge on any atom is -0.372 e. The van der Waals surface area contributed by atoms with Gasteiger partial charge in [0.2, 0.25) is 0 Å². The number of rotatable bonds is 7. The molecule has 0 bridgehead atoms. The lowest BCUT2D eigenvalue weighted by Crippen LogP contribution is -2.18. The molecule has 0 saturated carbocycles. The Morgan fingerprint density at radius 3 is 2.19 bits per heavy atom. The van der Waals surface area contributed by atoms with Crippen LogP contribution in [-0.4, -0.2) is 25.2 Å². The molecule has 0 spiro atoms. The fourth-order valence-corrected chi connectivity index (χ4v) is 1.81. The van der Waals surface area contributed by atoms with Gasteiger partial charge in [-0.3, -0.25) is 4.79 Å². The van der Waals surface area contributed by atoms with Crippen LogP contribution in [0.3, 0.4) is 0 Å². The molecule has 0 aliphatic heterocycles. The first kappa shape index (κ1) is 17.7. The molecule has 0 saturated heterocycles. The predicted molar refractivity (Wildman–Crippen MR) is 75.6 cm³/mol. The summed E-state index contributed by atoms with van der Waals surface area (Å²) >= 11 is 0. The number of ketones is 1. The summed E-state index contributed by atoms with van der Waals surface area (Å²) in [5.74, 6) is -0.210. The van der Waals surface area contributed by atoms with E-state index in [2.05, 4.69) is 25.5 Å². The second kappa shape index (κ2) is 7.07. The Kier molecular flexibility index (Phi) is 5.96. The number of hydrogen-bond donors (Lipinski definition) is 0. The fourth-order valence-electron chi connectivity index (χ4n) is 1.81. The molecule has 1 rings (SSSR count). The molecule has 0 aromatic heterocycles. The number of Topliss-reactive ketones (excluding diaryl/α,β-unsaturated/α-hetero) is 1. The summed E-state index contributed by atoms with van der Waals surface area (Å²) in [6.07, 6.45) is -3.42. The minimum atomic E-state index is -4.35. The van der Waals surface area contributed by atoms with Gasteiger partial charge < -0.3 is 4.74 Å². The molecule has 0 aliphatic carbocycles. The predicted octanol–water partition coefficient (Wildman–Crippen LogP) is 4.53. The van der Waals surface area contributed by atoms with Crippen LogP contribution in [0, 0.1) is 0 Å². The highest BCUT2D eigenvalue weighted by Gasteiger charge is 2.27. The van der Waals surface area contributed by atoms with E-state index in [4.69, 9.17) is 0 Å². The second-order valence-electron chi connectivity index (χ2n) is 5.66. The van der Waals surface area contributed by atoms with Crippen molar-refractivity contribution >= 4 is 5.78 Å². The highest BCUT2D eigenvalue weighted by atomic mass is 19.4. The molecule has 0 heterocycles. The van der Waals surface area contributed by atoms with Crippen LogP contribution in [0.1, 0.15) is 49.5 Å². The van der Waals surface area contributed by atoms with Gasteiger partial charge in [0, 0.05) is 12.0 Å². The summed E-state index contributed by atoms with van der Waals surface area (Å²) in [5.41, 5.74) is 1.67. The lowest BCUT2D eigenvalue weighted by molar-refractivity contribution is -0.173. The van der Waals surface area contributed by atoms with E-state index in [0.717, 1.165) is 12.0 Å². The van der Waals surface area contributed by atoms with E-state index in [1.807, 2.05) is 12.1 Å². The van der Waals surface area contributed by atoms with Crippen LogP contribution in [0.25, 0.3) is 0 Å². The van der Waals surface area contributed by atoms with E-state index in [9.17, 15) is 18.0 Å². The van der Waals surface area contributed by atoms with Crippen molar-refractivity contribution in [2.45, 2.75) is 45.2 Å². The van der Waals surface area contributed by atoms with Crippen LogP contribution in [0.5, 0.6) is 0 Å². The number of carbonyl (C=O) groups excluding carboxylic acids is 1. The second-order valence-corrected chi connectivity index (χ2v) is 5.66. The molecule has 0 fully saturated rings. The Morgan fingerprint density at radius 1 is 1.14 bits per heavy atom. The molecule has 0 radical (unpaired) electrons. The Bertz CT molecular complexity index is 461. The smallest absolute Gasteiger partial charge is 0.372 e. The minimum absolute atomic E-state index is 0.0391. The zero-order valence-electron chi connectivity index (χ0n) is 12.6. The topological polar surface area (TPSA) is 26.3 Å². The van der Waals surface area contributed by atoms with Crippen molar-refractivity contribution in [3.8, 4) is 0 Å². The van der Waals surface area contributed by atoms with E-state index < -0.39 is 12.8 Å². The summed E-state index contributed by atoms with van der Waals surface area (Å²) in [5, 5.41) is 0. The summed E-state index contributed by atoms with van der Waals surface area (Å²) in [6.45, 7) is 4.80. The van der Waals surface area contributed by atoms with Crippen molar-refractivity contribution in [1.82, 2.24) is 0 Å². The summed E-state index contributed by atoms with van der Waals surface area (Å²) in [7, 11) is 0. The number of ether oxygens (including phenoxy) is 1. The van der Waals surface area contributed by atoms with Crippen molar-refractivity contribution in [2.24, 2.45) is 0 Å². The Balaban J connectivity index is 2.52. The molecular weight excluding hydrogens is 281 g/mol. The third-order valence-electron chi connectivity index (χ3n) is 3.61. The average molecular weight is 302 g/mol. The van der Waals surface area contributed by atoms with Gasteiger partial charge in [-0.25, -0.2) is 0 Å². The van der Waals surface area contributed by atoms with E-state index in [1.54, 1.807) is 12.1 Å². The van der Waals surface area contributed by atoms with E-state index >= 15 is 0 Å². The normalized spacial score (nSPS) is 12.5. The van der Waals surface area contributed by atoms with E-state index in [0.29, 0.717) is 5.56 Å². The first-order chi connectivity index (χ1) is 9.65. The number of benzene rings is 1. The first-order valence-electron chi connectivity index (χ1n) is 6.94. The van der Waals surface area contributed by atoms with Crippen LogP contribution >= 0.6 is 0 Å². The third kappa shape index (κ3) is 5.87. The summed E-state index contributed by atoms with van der Waals surface area (Å²) in [4.78, 5) is 11.8. The van der Waals surface area contributed by atoms with Crippen molar-refractivity contribution in [2.75, 3.05) is 13.2 Å². The average Bonchev–Trinajstić information content (AvgIpc) is 2.42. The van der Waals surface area contributed by atoms with Crippen molar-refractivity contribution < 1.29 is 22.7 Å². The Hall–Kier alpha value is -1.36. The van der Waals surface area contributed by atoms with Crippen molar-refractivity contribution in [1.29, 1.82) is 0 Å². The van der Waals surface area contributed by atoms with Gasteiger partial charge in [-0.1, -0.05) is 45.0 Å². The standard InChI is InChI=1S/C16H21F3O2/c1-4-15(2,3)13-7-5-12(6-8-13)14(20)9-10-21-11-16(17,18)19/h5-8H,4,9-11H2,1-3H3. The van der Waals surface area contributed by atoms with Gasteiger partial charge >= 0.3 is 6.18 Å². The van der Waals surface area contributed by atoms with Gasteiger partial charge in [-0.05, 0) is 17.4 Å². The van der Waals surface area contributed by atoms with Gasteiger partial charge in [-0.2, -0.15) is 13.2 Å². The first-order valence-corrected chi connectivity index (χ1v) is 6.94. The molecule has 0 unspecified atom stereocenters. The van der Waals surface area contributed by atoms with Gasteiger partial charge in [0.25, 0.3) is 0 Å². The van der Waals surface area contributed by atoms with E-state index in [1.165, 1.54) is 0 Å². The summed E-state index contributed by atoms with van der Waals surface area (Å²) in [6, 6.07) is 7.23. The van der Waals surface area contributed by atoms with Crippen molar-refractivity contribution in [3.05, 3.63) is 35.4 Å². The zero-order valence-corrected chi connectivity index (χ0v) is 12.6. The molecule has 0 atom stereocenters.